The first-order valence-electron chi connectivity index (χ1n) is 16.0. The smallest absolute Gasteiger partial charge is 0.383 e. The van der Waals surface area contributed by atoms with Crippen LogP contribution in [0.4, 0.5) is 23.3 Å². The largest absolute Gasteiger partial charge is 0.479 e. The van der Waals surface area contributed by atoms with Crippen molar-refractivity contribution in [3.63, 3.8) is 0 Å². The van der Waals surface area contributed by atoms with Crippen molar-refractivity contribution in [2.75, 3.05) is 29.6 Å². The van der Waals surface area contributed by atoms with Gasteiger partial charge >= 0.3 is 22.4 Å². The number of nitrogens with two attached hydrogens (primary N) is 3. The number of nitrogen functional groups attached to an aromatic ring is 3. The first kappa shape index (κ1) is 55.7. The summed E-state index contributed by atoms with van der Waals surface area (Å²) in [6, 6.07) is 0. The van der Waals surface area contributed by atoms with Crippen molar-refractivity contribution in [1.82, 2.24) is 39.9 Å². The summed E-state index contributed by atoms with van der Waals surface area (Å²) in [6.45, 7) is 1.75. The first-order valence-corrected chi connectivity index (χ1v) is 25.5. The Bertz CT molecular complexity index is 2250. The van der Waals surface area contributed by atoms with E-state index in [0.29, 0.717) is 57.2 Å². The normalized spacial score (nSPS) is 14.2. The molecule has 3 unspecified atom stereocenters. The zero-order chi connectivity index (χ0) is 47.0. The zero-order valence-corrected chi connectivity index (χ0v) is 37.8. The summed E-state index contributed by atoms with van der Waals surface area (Å²) in [7, 11) is -6.83. The maximum absolute atomic E-state index is 11.2. The van der Waals surface area contributed by atoms with Gasteiger partial charge in [-0.1, -0.05) is 0 Å². The Morgan fingerprint density at radius 3 is 1.33 bits per heavy atom. The molecule has 28 nitrogen and oxygen atoms in total. The highest BCUT2D eigenvalue weighted by Crippen LogP contribution is 2.57. The average molecular weight is 974 g/mol. The predicted octanol–water partition coefficient (Wildman–Crippen LogP) is 1.55. The van der Waals surface area contributed by atoms with Gasteiger partial charge in [-0.15, -0.1) is 0 Å². The molecule has 0 fully saturated rings. The third-order valence-electron chi connectivity index (χ3n) is 6.06. The van der Waals surface area contributed by atoms with Gasteiger partial charge in [-0.05, 0) is 39.1 Å². The molecule has 0 amide bonds. The number of rotatable bonds is 15. The molecule has 36 heteroatoms. The highest BCUT2D eigenvalue weighted by atomic mass is 32.7. The molecule has 0 aliphatic heterocycles. The molecule has 14 N–H and O–H groups in total. The fourth-order valence-electron chi connectivity index (χ4n) is 3.48. The van der Waals surface area contributed by atoms with E-state index in [4.69, 9.17) is 59.0 Å². The molecule has 334 valence electrons. The van der Waals surface area contributed by atoms with Gasteiger partial charge in [-0.3, -0.25) is 18.2 Å². The van der Waals surface area contributed by atoms with Crippen molar-refractivity contribution in [2.45, 2.75) is 53.3 Å². The summed E-state index contributed by atoms with van der Waals surface area (Å²) < 4.78 is 70.5. The molecule has 61 heavy (non-hydrogen) atoms. The topological polar surface area (TPSA) is 457 Å². The van der Waals surface area contributed by atoms with Crippen LogP contribution in [0.3, 0.4) is 0 Å². The number of hydrogen-bond acceptors (Lipinski definition) is 22. The number of phosphoric ester groups is 2. The van der Waals surface area contributed by atoms with E-state index in [2.05, 4.69) is 70.6 Å². The Morgan fingerprint density at radius 1 is 0.590 bits per heavy atom. The van der Waals surface area contributed by atoms with Crippen LogP contribution in [0.2, 0.25) is 0 Å². The lowest BCUT2D eigenvalue weighted by atomic mass is 10.3. The third kappa shape index (κ3) is 26.1. The molecule has 4 heterocycles. The molecule has 4 aromatic heterocycles. The quantitative estimate of drug-likeness (QED) is 0.0594. The molecular weight excluding hydrogens is 933 g/mol. The van der Waals surface area contributed by atoms with E-state index in [1.165, 1.54) is 24.8 Å². The van der Waals surface area contributed by atoms with E-state index in [0.717, 1.165) is 0 Å². The number of anilines is 4. The Labute approximate surface area is 354 Å². The minimum Gasteiger partial charge on any atom is -0.383 e. The van der Waals surface area contributed by atoms with Crippen LogP contribution < -0.4 is 22.5 Å². The number of nitrogens with zero attached hydrogens (tertiary/aromatic N) is 8. The fourth-order valence-corrected chi connectivity index (χ4v) is 7.24. The molecule has 0 saturated carbocycles. The second-order valence-corrected chi connectivity index (χ2v) is 20.6. The number of nitrogens with one attached hydrogen (secondary N) is 1. The van der Waals surface area contributed by atoms with Crippen molar-refractivity contribution in [2.24, 2.45) is 0 Å². The van der Waals surface area contributed by atoms with Crippen LogP contribution in [-0.4, -0.2) is 96.3 Å². The summed E-state index contributed by atoms with van der Waals surface area (Å²) >= 11 is 0.513. The highest BCUT2D eigenvalue weighted by molar-refractivity contribution is 8.54. The number of phosphoric acid groups is 2. The summed E-state index contributed by atoms with van der Waals surface area (Å²) in [5, 5.41) is 2.79. The van der Waals surface area contributed by atoms with Crippen LogP contribution in [0.5, 0.6) is 0 Å². The Balaban J connectivity index is 0.000000409. The molecule has 4 rings (SSSR count). The maximum atomic E-state index is 11.2. The lowest BCUT2D eigenvalue weighted by Gasteiger charge is -2.14. The van der Waals surface area contributed by atoms with Gasteiger partial charge in [0.25, 0.3) is 14.9 Å². The molecule has 0 spiro atoms. The van der Waals surface area contributed by atoms with Crippen LogP contribution in [0.25, 0.3) is 0 Å². The molecule has 0 aromatic carbocycles. The van der Waals surface area contributed by atoms with Crippen molar-refractivity contribution in [3.8, 4) is 0 Å². The Hall–Kier alpha value is -3.29. The van der Waals surface area contributed by atoms with E-state index >= 15 is 0 Å². The van der Waals surface area contributed by atoms with Crippen LogP contribution in [0, 0.1) is 27.7 Å². The van der Waals surface area contributed by atoms with E-state index in [1.54, 1.807) is 34.7 Å². The summed E-state index contributed by atoms with van der Waals surface area (Å²) in [4.78, 5) is 91.6. The second kappa shape index (κ2) is 24.5. The van der Waals surface area contributed by atoms with E-state index in [9.17, 15) is 22.8 Å². The zero-order valence-electron chi connectivity index (χ0n) is 32.6. The van der Waals surface area contributed by atoms with Gasteiger partial charge in [0.1, 0.15) is 46.6 Å². The first-order chi connectivity index (χ1) is 27.8. The number of aromatic nitrogens is 8. The van der Waals surface area contributed by atoms with Crippen molar-refractivity contribution in [1.29, 1.82) is 0 Å². The van der Waals surface area contributed by atoms with Crippen LogP contribution in [0.15, 0.2) is 24.8 Å². The van der Waals surface area contributed by atoms with E-state index in [1.807, 2.05) is 0 Å². The SMILES string of the molecule is CNc1nc(C)ncc1COP(=O)(O)O.Cc1ncc(CSP(=O)(O)O)c(N)n1.[B]P(=O)(O)OCc1cnc(C)nc1N.[B]P(=O)(O)OP(=O)(O)OCc1cnc(C)nc1N. The van der Waals surface area contributed by atoms with Crippen molar-refractivity contribution < 1.29 is 75.0 Å². The second-order valence-electron chi connectivity index (χ2n) is 11.3. The average Bonchev–Trinajstić information content (AvgIpc) is 3.08. The molecular formula is C25H41B2N12O16P5S. The maximum Gasteiger partial charge on any atom is 0.479 e. The molecule has 0 saturated heterocycles. The number of aryl methyl sites for hydroxylation is 4. The van der Waals surface area contributed by atoms with E-state index < -0.39 is 44.0 Å². The Kier molecular flexibility index (Phi) is 22.4. The van der Waals surface area contributed by atoms with Gasteiger partial charge in [-0.25, -0.2) is 57.9 Å². The van der Waals surface area contributed by atoms with Crippen molar-refractivity contribution >= 4 is 87.2 Å². The fraction of sp³-hybridized carbons (Fsp3) is 0.360. The molecule has 4 radical (unpaired) electrons. The minimum atomic E-state index is -4.76. The molecule has 0 bridgehead atoms. The van der Waals surface area contributed by atoms with Crippen LogP contribution in [0.1, 0.15) is 45.6 Å². The molecule has 4 aromatic rings. The monoisotopic (exact) mass is 974 g/mol. The van der Waals surface area contributed by atoms with Gasteiger partial charge in [0.2, 0.25) is 15.1 Å². The predicted molar refractivity (Wildman–Crippen MR) is 222 cm³/mol. The van der Waals surface area contributed by atoms with E-state index in [-0.39, 0.29) is 42.0 Å². The number of hydrogen-bond donors (Lipinski definition) is 11. The van der Waals surface area contributed by atoms with Crippen LogP contribution >= 0.6 is 48.8 Å². The highest BCUT2D eigenvalue weighted by Gasteiger charge is 2.29. The van der Waals surface area contributed by atoms with Gasteiger partial charge < -0.3 is 61.3 Å². The molecule has 0 aliphatic carbocycles. The lowest BCUT2D eigenvalue weighted by Crippen LogP contribution is -2.03. The van der Waals surface area contributed by atoms with Gasteiger partial charge in [0, 0.05) is 59.8 Å². The lowest BCUT2D eigenvalue weighted by molar-refractivity contribution is 0.188. The van der Waals surface area contributed by atoms with Gasteiger partial charge in [-0.2, -0.15) is 0 Å². The van der Waals surface area contributed by atoms with Gasteiger partial charge in [0.15, 0.2) is 0 Å². The summed E-state index contributed by atoms with van der Waals surface area (Å²) in [5.74, 6) is 3.18. The molecule has 0 aliphatic rings. The standard InChI is InChI=1S/C7H12N3O4P.C6H10BN3O6P2.C6H9BN3O3P.C6H10N3O3PS/c1-5-9-3-6(7(8-2)10-5)4-14-15(11,12)13;1-4-9-2-5(6(8)10-4)3-15-18(13,14)16-17(7,11)12;1-4-9-2-5(6(8)10-4)3-13-14(7,11)12;1-4-8-2-5(6(7)9-4)3-14-13(10,11)12/h3H,4H2,1-2H3,(H,8,9,10)(H2,11,12,13);2H,3H2,1H3,(H,11,12)(H,13,14)(H2,8,9,10);2H,3H2,1H3,(H,11,12)(H2,8,9,10);2H,3H2,1H3,(H2,7,8,9)(H2,10,11,12). The third-order valence-corrected chi connectivity index (χ3v) is 11.4. The minimum absolute atomic E-state index is 0.0578. The molecule has 3 atom stereocenters. The van der Waals surface area contributed by atoms with Crippen LogP contribution in [-0.2, 0) is 66.3 Å². The van der Waals surface area contributed by atoms with Crippen molar-refractivity contribution in [3.05, 3.63) is 70.3 Å². The Morgan fingerprint density at radius 2 is 0.967 bits per heavy atom. The summed E-state index contributed by atoms with van der Waals surface area (Å²) in [6.07, 6.45) is 5.65. The summed E-state index contributed by atoms with van der Waals surface area (Å²) in [5.41, 5.74) is 18.2. The van der Waals surface area contributed by atoms with Gasteiger partial charge in [0.05, 0.1) is 19.8 Å².